The Kier molecular flexibility index (Phi) is 3.75. The minimum atomic E-state index is -3.56. The highest BCUT2D eigenvalue weighted by Crippen LogP contribution is 2.30. The summed E-state index contributed by atoms with van der Waals surface area (Å²) >= 11 is 0. The molecule has 0 amide bonds. The van der Waals surface area contributed by atoms with Gasteiger partial charge in [-0.05, 0) is 30.3 Å². The van der Waals surface area contributed by atoms with Gasteiger partial charge in [0.05, 0.1) is 16.3 Å². The Morgan fingerprint density at radius 2 is 1.96 bits per heavy atom. The fraction of sp³-hybridized carbons (Fsp3) is 0.125. The van der Waals surface area contributed by atoms with Gasteiger partial charge in [-0.25, -0.2) is 12.7 Å². The Balaban J connectivity index is 2.27. The molecule has 0 aliphatic rings. The maximum absolute atomic E-state index is 12.3. The molecule has 1 N–H and O–H groups in total. The molecule has 118 valence electrons. The first-order valence-corrected chi connectivity index (χ1v) is 8.34. The Bertz CT molecular complexity index is 976. The molecule has 0 saturated heterocycles. The van der Waals surface area contributed by atoms with Crippen molar-refractivity contribution in [3.63, 3.8) is 0 Å². The SMILES string of the molecule is CN(C)S(=O)(=O)c1ccc2[nH]c(-c3ccccn3)c(C=O)c2c1. The second kappa shape index (κ2) is 5.60. The van der Waals surface area contributed by atoms with Gasteiger partial charge in [-0.2, -0.15) is 0 Å². The van der Waals surface area contributed by atoms with Crippen LogP contribution in [0.1, 0.15) is 10.4 Å². The molecule has 7 heteroatoms. The molecule has 0 saturated carbocycles. The number of aromatic amines is 1. The number of sulfonamides is 1. The second-order valence-electron chi connectivity index (χ2n) is 5.24. The number of hydrogen-bond donors (Lipinski definition) is 1. The highest BCUT2D eigenvalue weighted by Gasteiger charge is 2.20. The van der Waals surface area contributed by atoms with Crippen LogP contribution < -0.4 is 0 Å². The van der Waals surface area contributed by atoms with Crippen molar-refractivity contribution in [2.45, 2.75) is 4.90 Å². The van der Waals surface area contributed by atoms with Gasteiger partial charge in [0.25, 0.3) is 0 Å². The molecule has 0 atom stereocenters. The molecule has 3 aromatic rings. The van der Waals surface area contributed by atoms with Gasteiger partial charge in [0.2, 0.25) is 10.0 Å². The fourth-order valence-corrected chi connectivity index (χ4v) is 3.33. The minimum absolute atomic E-state index is 0.143. The summed E-state index contributed by atoms with van der Waals surface area (Å²) in [4.78, 5) is 19.1. The largest absolute Gasteiger partial charge is 0.353 e. The lowest BCUT2D eigenvalue weighted by Crippen LogP contribution is -2.22. The van der Waals surface area contributed by atoms with Crippen LogP contribution in [-0.4, -0.2) is 43.1 Å². The second-order valence-corrected chi connectivity index (χ2v) is 7.39. The van der Waals surface area contributed by atoms with E-state index in [0.717, 1.165) is 10.6 Å². The summed E-state index contributed by atoms with van der Waals surface area (Å²) in [7, 11) is -0.623. The van der Waals surface area contributed by atoms with Gasteiger partial charge >= 0.3 is 0 Å². The van der Waals surface area contributed by atoms with Crippen LogP contribution in [0.4, 0.5) is 0 Å². The van der Waals surface area contributed by atoms with E-state index in [4.69, 9.17) is 0 Å². The van der Waals surface area contributed by atoms with Crippen LogP contribution in [0.25, 0.3) is 22.3 Å². The molecule has 3 rings (SSSR count). The van der Waals surface area contributed by atoms with Gasteiger partial charge in [-0.1, -0.05) is 6.07 Å². The Morgan fingerprint density at radius 1 is 1.17 bits per heavy atom. The first-order valence-electron chi connectivity index (χ1n) is 6.90. The van der Waals surface area contributed by atoms with Crippen LogP contribution >= 0.6 is 0 Å². The fourth-order valence-electron chi connectivity index (χ4n) is 2.40. The van der Waals surface area contributed by atoms with Gasteiger partial charge in [-0.3, -0.25) is 9.78 Å². The molecule has 0 aliphatic carbocycles. The predicted molar refractivity (Wildman–Crippen MR) is 87.8 cm³/mol. The molecule has 0 aliphatic heterocycles. The summed E-state index contributed by atoms with van der Waals surface area (Å²) in [6.45, 7) is 0. The molecule has 1 aromatic carbocycles. The molecule has 0 fully saturated rings. The van der Waals surface area contributed by atoms with E-state index in [2.05, 4.69) is 9.97 Å². The van der Waals surface area contributed by atoms with Crippen molar-refractivity contribution in [2.75, 3.05) is 14.1 Å². The third-order valence-corrected chi connectivity index (χ3v) is 5.44. The number of nitrogens with one attached hydrogen (secondary N) is 1. The number of rotatable bonds is 4. The zero-order chi connectivity index (χ0) is 16.6. The number of carbonyl (C=O) groups excluding carboxylic acids is 1. The Morgan fingerprint density at radius 3 is 2.57 bits per heavy atom. The summed E-state index contributed by atoms with van der Waals surface area (Å²) in [5.41, 5.74) is 2.29. The highest BCUT2D eigenvalue weighted by atomic mass is 32.2. The molecule has 0 radical (unpaired) electrons. The number of fused-ring (bicyclic) bond motifs is 1. The zero-order valence-corrected chi connectivity index (χ0v) is 13.5. The molecule has 23 heavy (non-hydrogen) atoms. The summed E-state index contributed by atoms with van der Waals surface area (Å²) in [6.07, 6.45) is 2.35. The van der Waals surface area contributed by atoms with Crippen molar-refractivity contribution in [3.05, 3.63) is 48.2 Å². The summed E-state index contributed by atoms with van der Waals surface area (Å²) < 4.78 is 25.7. The number of aldehydes is 1. The van der Waals surface area contributed by atoms with E-state index in [0.29, 0.717) is 27.9 Å². The molecule has 6 nitrogen and oxygen atoms in total. The summed E-state index contributed by atoms with van der Waals surface area (Å²) in [5, 5.41) is 0.559. The predicted octanol–water partition coefficient (Wildman–Crippen LogP) is 2.29. The molecular weight excluding hydrogens is 314 g/mol. The van der Waals surface area contributed by atoms with E-state index in [1.54, 1.807) is 24.4 Å². The maximum atomic E-state index is 12.3. The zero-order valence-electron chi connectivity index (χ0n) is 12.6. The van der Waals surface area contributed by atoms with E-state index < -0.39 is 10.0 Å². The van der Waals surface area contributed by atoms with Crippen LogP contribution in [0.2, 0.25) is 0 Å². The third kappa shape index (κ3) is 2.54. The van der Waals surface area contributed by atoms with E-state index >= 15 is 0 Å². The van der Waals surface area contributed by atoms with Crippen LogP contribution in [0.5, 0.6) is 0 Å². The maximum Gasteiger partial charge on any atom is 0.242 e. The van der Waals surface area contributed by atoms with Gasteiger partial charge in [0.15, 0.2) is 6.29 Å². The van der Waals surface area contributed by atoms with E-state index in [1.165, 1.54) is 26.2 Å². The van der Waals surface area contributed by atoms with Crippen LogP contribution in [0.15, 0.2) is 47.5 Å². The number of hydrogen-bond acceptors (Lipinski definition) is 4. The van der Waals surface area contributed by atoms with Crippen molar-refractivity contribution in [1.29, 1.82) is 0 Å². The smallest absolute Gasteiger partial charge is 0.242 e. The number of aromatic nitrogens is 2. The van der Waals surface area contributed by atoms with Crippen LogP contribution in [0.3, 0.4) is 0 Å². The van der Waals surface area contributed by atoms with Crippen LogP contribution in [0, 0.1) is 0 Å². The number of benzene rings is 1. The number of H-pyrrole nitrogens is 1. The first kappa shape index (κ1) is 15.4. The average molecular weight is 329 g/mol. The quantitative estimate of drug-likeness (QED) is 0.745. The van der Waals surface area contributed by atoms with Crippen molar-refractivity contribution in [2.24, 2.45) is 0 Å². The van der Waals surface area contributed by atoms with E-state index in [1.807, 2.05) is 6.07 Å². The van der Waals surface area contributed by atoms with Gasteiger partial charge in [0.1, 0.15) is 0 Å². The lowest BCUT2D eigenvalue weighted by atomic mass is 10.1. The number of nitrogens with zero attached hydrogens (tertiary/aromatic N) is 2. The van der Waals surface area contributed by atoms with E-state index in [9.17, 15) is 13.2 Å². The lowest BCUT2D eigenvalue weighted by molar-refractivity contribution is 0.112. The molecular formula is C16H15N3O3S. The van der Waals surface area contributed by atoms with Crippen molar-refractivity contribution in [3.8, 4) is 11.4 Å². The number of carbonyl (C=O) groups is 1. The summed E-state index contributed by atoms with van der Waals surface area (Å²) in [6, 6.07) is 10.1. The van der Waals surface area contributed by atoms with Gasteiger partial charge < -0.3 is 4.98 Å². The molecule has 2 heterocycles. The first-order chi connectivity index (χ1) is 10.9. The van der Waals surface area contributed by atoms with Gasteiger partial charge in [-0.15, -0.1) is 0 Å². The highest BCUT2D eigenvalue weighted by molar-refractivity contribution is 7.89. The third-order valence-electron chi connectivity index (χ3n) is 3.63. The topological polar surface area (TPSA) is 83.1 Å². The molecule has 2 aromatic heterocycles. The van der Waals surface area contributed by atoms with Crippen molar-refractivity contribution < 1.29 is 13.2 Å². The van der Waals surface area contributed by atoms with Gasteiger partial charge in [0, 0.05) is 36.8 Å². The molecule has 0 bridgehead atoms. The number of pyridine rings is 1. The van der Waals surface area contributed by atoms with Crippen molar-refractivity contribution in [1.82, 2.24) is 14.3 Å². The average Bonchev–Trinajstić information content (AvgIpc) is 2.93. The lowest BCUT2D eigenvalue weighted by Gasteiger charge is -2.11. The van der Waals surface area contributed by atoms with Crippen molar-refractivity contribution >= 4 is 27.2 Å². The Labute approximate surface area is 133 Å². The van der Waals surface area contributed by atoms with E-state index in [-0.39, 0.29) is 4.90 Å². The monoisotopic (exact) mass is 329 g/mol. The minimum Gasteiger partial charge on any atom is -0.353 e. The molecule has 0 spiro atoms. The molecule has 0 unspecified atom stereocenters. The Hall–Kier alpha value is -2.51. The van der Waals surface area contributed by atoms with Crippen LogP contribution in [-0.2, 0) is 10.0 Å². The normalized spacial score (nSPS) is 12.0. The standard InChI is InChI=1S/C16H15N3O3S/c1-19(2)23(21,22)11-6-7-14-12(9-11)13(10-20)16(18-14)15-5-3-4-8-17-15/h3-10,18H,1-2H3. The summed E-state index contributed by atoms with van der Waals surface area (Å²) in [5.74, 6) is 0.